The van der Waals surface area contributed by atoms with Gasteiger partial charge in [0.05, 0.1) is 0 Å². The van der Waals surface area contributed by atoms with E-state index in [0.717, 1.165) is 18.4 Å². The molecule has 0 amide bonds. The maximum Gasteiger partial charge on any atom is 0.328 e. The molecule has 0 unspecified atom stereocenters. The summed E-state index contributed by atoms with van der Waals surface area (Å²) >= 11 is 0. The van der Waals surface area contributed by atoms with Crippen LogP contribution in [0.1, 0.15) is 30.9 Å². The number of benzene rings is 1. The van der Waals surface area contributed by atoms with Gasteiger partial charge in [-0.3, -0.25) is 0 Å². The average Bonchev–Trinajstić information content (AvgIpc) is 3.11. The van der Waals surface area contributed by atoms with Crippen molar-refractivity contribution in [3.63, 3.8) is 0 Å². The molecule has 2 rings (SSSR count). The third-order valence-electron chi connectivity index (χ3n) is 3.47. The standard InChI is InChI=1S/C13H16FNO2/c1-2-8-3-6-10(14)7-11(8)13(15,12(16)17)9-4-5-9/h3,6-7,9H,2,4-5,15H2,1H3,(H,16,17)/t13-/m1/s1. The summed E-state index contributed by atoms with van der Waals surface area (Å²) in [6.45, 7) is 1.91. The minimum absolute atomic E-state index is 0.0768. The van der Waals surface area contributed by atoms with Crippen molar-refractivity contribution in [2.45, 2.75) is 31.7 Å². The Morgan fingerprint density at radius 1 is 1.59 bits per heavy atom. The largest absolute Gasteiger partial charge is 0.480 e. The van der Waals surface area contributed by atoms with Crippen LogP contribution in [0, 0.1) is 11.7 Å². The number of nitrogens with two attached hydrogens (primary N) is 1. The lowest BCUT2D eigenvalue weighted by Gasteiger charge is -2.27. The summed E-state index contributed by atoms with van der Waals surface area (Å²) in [6, 6.07) is 4.24. The minimum Gasteiger partial charge on any atom is -0.480 e. The smallest absolute Gasteiger partial charge is 0.328 e. The van der Waals surface area contributed by atoms with E-state index >= 15 is 0 Å². The van der Waals surface area contributed by atoms with Gasteiger partial charge in [0.25, 0.3) is 0 Å². The predicted molar refractivity (Wildman–Crippen MR) is 62.0 cm³/mol. The highest BCUT2D eigenvalue weighted by molar-refractivity contribution is 5.82. The molecule has 0 bridgehead atoms. The molecule has 0 radical (unpaired) electrons. The number of carboxylic acids is 1. The summed E-state index contributed by atoms with van der Waals surface area (Å²) in [7, 11) is 0. The van der Waals surface area contributed by atoms with Crippen LogP contribution in [0.4, 0.5) is 4.39 Å². The lowest BCUT2D eigenvalue weighted by atomic mass is 9.82. The SMILES string of the molecule is CCc1ccc(F)cc1[C@@](N)(C(=O)O)C1CC1. The van der Waals surface area contributed by atoms with Gasteiger partial charge in [0.2, 0.25) is 0 Å². The summed E-state index contributed by atoms with van der Waals surface area (Å²) in [6.07, 6.45) is 2.24. The zero-order valence-electron chi connectivity index (χ0n) is 9.74. The highest BCUT2D eigenvalue weighted by atomic mass is 19.1. The van der Waals surface area contributed by atoms with E-state index in [2.05, 4.69) is 0 Å². The highest BCUT2D eigenvalue weighted by Crippen LogP contribution is 2.45. The second-order valence-electron chi connectivity index (χ2n) is 4.60. The van der Waals surface area contributed by atoms with E-state index in [1.54, 1.807) is 6.07 Å². The van der Waals surface area contributed by atoms with Gasteiger partial charge in [-0.1, -0.05) is 13.0 Å². The number of aliphatic carboxylic acids is 1. The predicted octanol–water partition coefficient (Wildman–Crippen LogP) is 2.04. The van der Waals surface area contributed by atoms with Gasteiger partial charge < -0.3 is 10.8 Å². The molecule has 0 aliphatic heterocycles. The van der Waals surface area contributed by atoms with E-state index in [0.29, 0.717) is 12.0 Å². The van der Waals surface area contributed by atoms with Gasteiger partial charge in [-0.15, -0.1) is 0 Å². The molecule has 0 spiro atoms. The molecule has 4 heteroatoms. The molecule has 1 saturated carbocycles. The number of halogens is 1. The second-order valence-corrected chi connectivity index (χ2v) is 4.60. The zero-order valence-corrected chi connectivity index (χ0v) is 9.74. The number of carbonyl (C=O) groups is 1. The van der Waals surface area contributed by atoms with Gasteiger partial charge >= 0.3 is 5.97 Å². The molecule has 1 aliphatic carbocycles. The third kappa shape index (κ3) is 1.93. The Kier molecular flexibility index (Phi) is 2.91. The first-order valence-corrected chi connectivity index (χ1v) is 5.81. The van der Waals surface area contributed by atoms with Gasteiger partial charge in [0.15, 0.2) is 0 Å². The fourth-order valence-corrected chi connectivity index (χ4v) is 2.29. The van der Waals surface area contributed by atoms with Crippen LogP contribution >= 0.6 is 0 Å². The molecule has 3 N–H and O–H groups in total. The summed E-state index contributed by atoms with van der Waals surface area (Å²) in [5.41, 5.74) is 5.84. The fraction of sp³-hybridized carbons (Fsp3) is 0.462. The maximum absolute atomic E-state index is 13.3. The first kappa shape index (κ1) is 12.0. The van der Waals surface area contributed by atoms with Crippen molar-refractivity contribution in [3.05, 3.63) is 35.1 Å². The minimum atomic E-state index is -1.44. The van der Waals surface area contributed by atoms with Crippen molar-refractivity contribution in [1.82, 2.24) is 0 Å². The quantitative estimate of drug-likeness (QED) is 0.842. The number of rotatable bonds is 4. The van der Waals surface area contributed by atoms with Gasteiger partial charge in [0.1, 0.15) is 11.4 Å². The van der Waals surface area contributed by atoms with E-state index in [1.807, 2.05) is 6.92 Å². The van der Waals surface area contributed by atoms with Crippen molar-refractivity contribution in [3.8, 4) is 0 Å². The Balaban J connectivity index is 2.56. The van der Waals surface area contributed by atoms with Crippen molar-refractivity contribution < 1.29 is 14.3 Å². The number of aryl methyl sites for hydroxylation is 1. The second kappa shape index (κ2) is 4.11. The summed E-state index contributed by atoms with van der Waals surface area (Å²) in [4.78, 5) is 11.4. The van der Waals surface area contributed by atoms with Crippen LogP contribution in [0.25, 0.3) is 0 Å². The lowest BCUT2D eigenvalue weighted by molar-refractivity contribution is -0.144. The first-order chi connectivity index (χ1) is 8.00. The third-order valence-corrected chi connectivity index (χ3v) is 3.47. The van der Waals surface area contributed by atoms with Crippen LogP contribution < -0.4 is 5.73 Å². The number of hydrogen-bond donors (Lipinski definition) is 2. The zero-order chi connectivity index (χ0) is 12.6. The molecule has 0 saturated heterocycles. The Morgan fingerprint density at radius 3 is 2.71 bits per heavy atom. The molecule has 1 atom stereocenters. The molecule has 1 aromatic rings. The Labute approximate surface area is 99.4 Å². The normalized spacial score (nSPS) is 18.8. The molecule has 1 fully saturated rings. The van der Waals surface area contributed by atoms with Gasteiger partial charge in [-0.25, -0.2) is 9.18 Å². The summed E-state index contributed by atoms with van der Waals surface area (Å²) in [5.74, 6) is -1.58. The Morgan fingerprint density at radius 2 is 2.24 bits per heavy atom. The van der Waals surface area contributed by atoms with Crippen LogP contribution in [-0.2, 0) is 16.8 Å². The molecule has 3 nitrogen and oxygen atoms in total. The monoisotopic (exact) mass is 237 g/mol. The molecule has 17 heavy (non-hydrogen) atoms. The Bertz CT molecular complexity index is 457. The van der Waals surface area contributed by atoms with E-state index in [9.17, 15) is 14.3 Å². The maximum atomic E-state index is 13.3. The summed E-state index contributed by atoms with van der Waals surface area (Å²) in [5, 5.41) is 9.36. The van der Waals surface area contributed by atoms with E-state index in [1.165, 1.54) is 12.1 Å². The first-order valence-electron chi connectivity index (χ1n) is 5.81. The molecule has 1 aromatic carbocycles. The van der Waals surface area contributed by atoms with Crippen molar-refractivity contribution >= 4 is 5.97 Å². The van der Waals surface area contributed by atoms with Crippen LogP contribution in [0.15, 0.2) is 18.2 Å². The highest BCUT2D eigenvalue weighted by Gasteiger charge is 2.50. The average molecular weight is 237 g/mol. The van der Waals surface area contributed by atoms with Crippen LogP contribution in [0.3, 0.4) is 0 Å². The molecule has 0 heterocycles. The summed E-state index contributed by atoms with van der Waals surface area (Å²) < 4.78 is 13.3. The van der Waals surface area contributed by atoms with Crippen molar-refractivity contribution in [1.29, 1.82) is 0 Å². The molecule has 0 aromatic heterocycles. The van der Waals surface area contributed by atoms with E-state index in [-0.39, 0.29) is 5.92 Å². The van der Waals surface area contributed by atoms with Crippen molar-refractivity contribution in [2.24, 2.45) is 11.7 Å². The molecular formula is C13H16FNO2. The van der Waals surface area contributed by atoms with Crippen LogP contribution in [0.5, 0.6) is 0 Å². The number of carboxylic acid groups (broad SMARTS) is 1. The van der Waals surface area contributed by atoms with E-state index < -0.39 is 17.3 Å². The van der Waals surface area contributed by atoms with E-state index in [4.69, 9.17) is 5.73 Å². The van der Waals surface area contributed by atoms with Crippen LogP contribution in [-0.4, -0.2) is 11.1 Å². The lowest BCUT2D eigenvalue weighted by Crippen LogP contribution is -2.47. The van der Waals surface area contributed by atoms with Gasteiger partial charge in [-0.05, 0) is 48.4 Å². The molecule has 92 valence electrons. The number of hydrogen-bond acceptors (Lipinski definition) is 2. The molecule has 1 aliphatic rings. The topological polar surface area (TPSA) is 63.3 Å². The van der Waals surface area contributed by atoms with Gasteiger partial charge in [0, 0.05) is 0 Å². The van der Waals surface area contributed by atoms with Gasteiger partial charge in [-0.2, -0.15) is 0 Å². The van der Waals surface area contributed by atoms with Crippen molar-refractivity contribution in [2.75, 3.05) is 0 Å². The van der Waals surface area contributed by atoms with Crippen LogP contribution in [0.2, 0.25) is 0 Å². The Hall–Kier alpha value is -1.42. The fourth-order valence-electron chi connectivity index (χ4n) is 2.29. The molecular weight excluding hydrogens is 221 g/mol.